The number of hydrogen-bond acceptors (Lipinski definition) is 2. The van der Waals surface area contributed by atoms with Crippen molar-refractivity contribution in [1.29, 1.82) is 0 Å². The first kappa shape index (κ1) is 8.57. The second-order valence-corrected chi connectivity index (χ2v) is 3.60. The van der Waals surface area contributed by atoms with Gasteiger partial charge in [0.25, 0.3) is 0 Å². The molecule has 1 aliphatic heterocycles. The summed E-state index contributed by atoms with van der Waals surface area (Å²) in [5.74, 6) is 0.998. The van der Waals surface area contributed by atoms with Crippen LogP contribution in [-0.4, -0.2) is 18.3 Å². The van der Waals surface area contributed by atoms with Crippen molar-refractivity contribution in [3.63, 3.8) is 0 Å². The largest absolute Gasteiger partial charge is 0.508 e. The molecule has 0 saturated carbocycles. The standard InChI is InChI=1S/C11H14O2/c12-11-3-1-2-9(7-11)6-10-4-5-13-8-10/h1-3,7,10,12H,4-6,8H2. The SMILES string of the molecule is Oc1cccc(CC2CCOC2)c1. The topological polar surface area (TPSA) is 29.5 Å². The maximum atomic E-state index is 9.26. The molecule has 2 heteroatoms. The molecular weight excluding hydrogens is 164 g/mol. The van der Waals surface area contributed by atoms with E-state index in [1.165, 1.54) is 5.56 Å². The van der Waals surface area contributed by atoms with E-state index in [1.54, 1.807) is 6.07 Å². The number of ether oxygens (including phenoxy) is 1. The minimum absolute atomic E-state index is 0.358. The van der Waals surface area contributed by atoms with Crippen LogP contribution in [0.1, 0.15) is 12.0 Å². The third-order valence-corrected chi connectivity index (χ3v) is 2.46. The van der Waals surface area contributed by atoms with Gasteiger partial charge in [-0.3, -0.25) is 0 Å². The molecule has 0 bridgehead atoms. The van der Waals surface area contributed by atoms with E-state index >= 15 is 0 Å². The van der Waals surface area contributed by atoms with Crippen LogP contribution in [0.4, 0.5) is 0 Å². The van der Waals surface area contributed by atoms with Gasteiger partial charge in [-0.2, -0.15) is 0 Å². The highest BCUT2D eigenvalue weighted by Crippen LogP contribution is 2.20. The molecule has 1 aromatic carbocycles. The summed E-state index contributed by atoms with van der Waals surface area (Å²) in [6.45, 7) is 1.76. The molecule has 1 saturated heterocycles. The summed E-state index contributed by atoms with van der Waals surface area (Å²) in [6, 6.07) is 7.48. The molecule has 1 fully saturated rings. The molecule has 1 heterocycles. The van der Waals surface area contributed by atoms with Crippen molar-refractivity contribution >= 4 is 0 Å². The van der Waals surface area contributed by atoms with Gasteiger partial charge in [-0.1, -0.05) is 12.1 Å². The minimum Gasteiger partial charge on any atom is -0.508 e. The Hall–Kier alpha value is -1.02. The van der Waals surface area contributed by atoms with Gasteiger partial charge in [0, 0.05) is 13.2 Å². The highest BCUT2D eigenvalue weighted by Gasteiger charge is 2.15. The lowest BCUT2D eigenvalue weighted by Gasteiger charge is -2.06. The Kier molecular flexibility index (Phi) is 2.50. The van der Waals surface area contributed by atoms with Crippen molar-refractivity contribution < 1.29 is 9.84 Å². The smallest absolute Gasteiger partial charge is 0.115 e. The minimum atomic E-state index is 0.358. The van der Waals surface area contributed by atoms with E-state index in [-0.39, 0.29) is 0 Å². The maximum Gasteiger partial charge on any atom is 0.115 e. The summed E-state index contributed by atoms with van der Waals surface area (Å²) in [4.78, 5) is 0. The Bertz CT molecular complexity index is 277. The first-order valence-electron chi connectivity index (χ1n) is 4.70. The molecule has 1 unspecified atom stereocenters. The Morgan fingerprint density at radius 3 is 3.08 bits per heavy atom. The number of hydrogen-bond donors (Lipinski definition) is 1. The fourth-order valence-electron chi connectivity index (χ4n) is 1.76. The van der Waals surface area contributed by atoms with Crippen molar-refractivity contribution in [2.24, 2.45) is 5.92 Å². The molecule has 0 spiro atoms. The number of aromatic hydroxyl groups is 1. The van der Waals surface area contributed by atoms with Crippen LogP contribution in [0.25, 0.3) is 0 Å². The van der Waals surface area contributed by atoms with Crippen LogP contribution in [0.15, 0.2) is 24.3 Å². The van der Waals surface area contributed by atoms with E-state index in [2.05, 4.69) is 6.07 Å². The lowest BCUT2D eigenvalue weighted by molar-refractivity contribution is 0.186. The van der Waals surface area contributed by atoms with E-state index in [1.807, 2.05) is 12.1 Å². The van der Waals surface area contributed by atoms with Crippen LogP contribution < -0.4 is 0 Å². The van der Waals surface area contributed by atoms with Gasteiger partial charge >= 0.3 is 0 Å². The normalized spacial score (nSPS) is 22.0. The van der Waals surface area contributed by atoms with Crippen LogP contribution >= 0.6 is 0 Å². The van der Waals surface area contributed by atoms with Gasteiger partial charge in [0.1, 0.15) is 5.75 Å². The molecule has 2 rings (SSSR count). The van der Waals surface area contributed by atoms with Crippen LogP contribution in [0.2, 0.25) is 0 Å². The van der Waals surface area contributed by atoms with Crippen molar-refractivity contribution in [3.8, 4) is 5.75 Å². The van der Waals surface area contributed by atoms with Crippen LogP contribution in [0, 0.1) is 5.92 Å². The molecule has 0 radical (unpaired) electrons. The molecule has 70 valence electrons. The second-order valence-electron chi connectivity index (χ2n) is 3.60. The average Bonchev–Trinajstić information content (AvgIpc) is 2.57. The van der Waals surface area contributed by atoms with Crippen LogP contribution in [-0.2, 0) is 11.2 Å². The van der Waals surface area contributed by atoms with Crippen LogP contribution in [0.5, 0.6) is 5.75 Å². The summed E-state index contributed by atoms with van der Waals surface area (Å²) in [5.41, 5.74) is 1.20. The fourth-order valence-corrected chi connectivity index (χ4v) is 1.76. The number of phenolic OH excluding ortho intramolecular Hbond substituents is 1. The Morgan fingerprint density at radius 1 is 1.46 bits per heavy atom. The quantitative estimate of drug-likeness (QED) is 0.750. The zero-order valence-corrected chi connectivity index (χ0v) is 7.57. The monoisotopic (exact) mass is 178 g/mol. The van der Waals surface area contributed by atoms with E-state index in [4.69, 9.17) is 4.74 Å². The average molecular weight is 178 g/mol. The van der Waals surface area contributed by atoms with Crippen molar-refractivity contribution in [2.75, 3.05) is 13.2 Å². The Labute approximate surface area is 78.2 Å². The van der Waals surface area contributed by atoms with Gasteiger partial charge in [0.2, 0.25) is 0 Å². The molecule has 0 amide bonds. The second kappa shape index (κ2) is 3.79. The third kappa shape index (κ3) is 2.22. The fraction of sp³-hybridized carbons (Fsp3) is 0.455. The van der Waals surface area contributed by atoms with Gasteiger partial charge in [0.15, 0.2) is 0 Å². The van der Waals surface area contributed by atoms with Gasteiger partial charge in [0.05, 0.1) is 0 Å². The molecule has 13 heavy (non-hydrogen) atoms. The third-order valence-electron chi connectivity index (χ3n) is 2.46. The maximum absolute atomic E-state index is 9.26. The summed E-state index contributed by atoms with van der Waals surface area (Å²) in [6.07, 6.45) is 2.17. The number of rotatable bonds is 2. The highest BCUT2D eigenvalue weighted by molar-refractivity contribution is 5.27. The molecule has 0 aliphatic carbocycles. The summed E-state index contributed by atoms with van der Waals surface area (Å²) < 4.78 is 5.30. The summed E-state index contributed by atoms with van der Waals surface area (Å²) in [7, 11) is 0. The summed E-state index contributed by atoms with van der Waals surface area (Å²) in [5, 5.41) is 9.26. The first-order chi connectivity index (χ1) is 6.34. The molecule has 0 aromatic heterocycles. The number of phenols is 1. The van der Waals surface area contributed by atoms with Crippen molar-refractivity contribution in [2.45, 2.75) is 12.8 Å². The predicted molar refractivity (Wildman–Crippen MR) is 50.7 cm³/mol. The van der Waals surface area contributed by atoms with Gasteiger partial charge in [-0.05, 0) is 36.5 Å². The summed E-state index contributed by atoms with van der Waals surface area (Å²) >= 11 is 0. The predicted octanol–water partition coefficient (Wildman–Crippen LogP) is 1.97. The van der Waals surface area contributed by atoms with Gasteiger partial charge < -0.3 is 9.84 Å². The lowest BCUT2D eigenvalue weighted by atomic mass is 9.99. The van der Waals surface area contributed by atoms with E-state index < -0.39 is 0 Å². The number of benzene rings is 1. The zero-order valence-electron chi connectivity index (χ0n) is 7.57. The highest BCUT2D eigenvalue weighted by atomic mass is 16.5. The van der Waals surface area contributed by atoms with Gasteiger partial charge in [-0.25, -0.2) is 0 Å². The molecule has 1 atom stereocenters. The lowest BCUT2D eigenvalue weighted by Crippen LogP contribution is -2.03. The van der Waals surface area contributed by atoms with E-state index in [9.17, 15) is 5.11 Å². The Morgan fingerprint density at radius 2 is 2.38 bits per heavy atom. The molecule has 1 aliphatic rings. The van der Waals surface area contributed by atoms with Crippen molar-refractivity contribution in [1.82, 2.24) is 0 Å². The first-order valence-corrected chi connectivity index (χ1v) is 4.70. The molecule has 1 N–H and O–H groups in total. The van der Waals surface area contributed by atoms with Gasteiger partial charge in [-0.15, -0.1) is 0 Å². The molecular formula is C11H14O2. The van der Waals surface area contributed by atoms with Crippen LogP contribution in [0.3, 0.4) is 0 Å². The Balaban J connectivity index is 2.00. The van der Waals surface area contributed by atoms with E-state index in [0.717, 1.165) is 26.1 Å². The zero-order chi connectivity index (χ0) is 9.10. The van der Waals surface area contributed by atoms with Crippen molar-refractivity contribution in [3.05, 3.63) is 29.8 Å². The molecule has 1 aromatic rings. The molecule has 2 nitrogen and oxygen atoms in total. The van der Waals surface area contributed by atoms with E-state index in [0.29, 0.717) is 11.7 Å².